The average molecular weight is 233 g/mol. The molecule has 0 radical (unpaired) electrons. The van der Waals surface area contributed by atoms with Crippen molar-refractivity contribution in [1.29, 1.82) is 0 Å². The fraction of sp³-hybridized carbons (Fsp3) is 0.538. The van der Waals surface area contributed by atoms with Crippen molar-refractivity contribution in [2.24, 2.45) is 5.73 Å². The zero-order valence-corrected chi connectivity index (χ0v) is 10.4. The Morgan fingerprint density at radius 1 is 1.53 bits per heavy atom. The van der Waals surface area contributed by atoms with E-state index in [0.29, 0.717) is 5.56 Å². The highest BCUT2D eigenvalue weighted by Gasteiger charge is 2.27. The summed E-state index contributed by atoms with van der Waals surface area (Å²) in [7, 11) is 0. The summed E-state index contributed by atoms with van der Waals surface area (Å²) >= 11 is 0. The van der Waals surface area contributed by atoms with Crippen molar-refractivity contribution in [3.8, 4) is 0 Å². The first-order chi connectivity index (χ1) is 8.08. The lowest BCUT2D eigenvalue weighted by molar-refractivity contribution is 0.0618. The van der Waals surface area contributed by atoms with E-state index >= 15 is 0 Å². The first kappa shape index (κ1) is 12.0. The van der Waals surface area contributed by atoms with Crippen molar-refractivity contribution >= 4 is 5.91 Å². The molecule has 0 bridgehead atoms. The van der Waals surface area contributed by atoms with Gasteiger partial charge in [0.15, 0.2) is 0 Å². The average Bonchev–Trinajstić information content (AvgIpc) is 2.28. The van der Waals surface area contributed by atoms with E-state index in [4.69, 9.17) is 5.73 Å². The van der Waals surface area contributed by atoms with Crippen LogP contribution in [-0.2, 0) is 0 Å². The summed E-state index contributed by atoms with van der Waals surface area (Å²) < 4.78 is 0. The van der Waals surface area contributed by atoms with Crippen LogP contribution < -0.4 is 5.73 Å². The van der Waals surface area contributed by atoms with Gasteiger partial charge in [-0.1, -0.05) is 0 Å². The van der Waals surface area contributed by atoms with Gasteiger partial charge in [-0.25, -0.2) is 0 Å². The molecule has 1 aliphatic heterocycles. The van der Waals surface area contributed by atoms with E-state index in [9.17, 15) is 4.79 Å². The van der Waals surface area contributed by atoms with Gasteiger partial charge in [-0.2, -0.15) is 0 Å². The summed E-state index contributed by atoms with van der Waals surface area (Å²) in [4.78, 5) is 18.3. The summed E-state index contributed by atoms with van der Waals surface area (Å²) in [5, 5.41) is 0. The molecule has 0 aromatic carbocycles. The highest BCUT2D eigenvalue weighted by Crippen LogP contribution is 2.18. The summed E-state index contributed by atoms with van der Waals surface area (Å²) in [5.74, 6) is 0.0700. The zero-order chi connectivity index (χ0) is 12.4. The van der Waals surface area contributed by atoms with Crippen molar-refractivity contribution in [3.63, 3.8) is 0 Å². The number of nitrogens with two attached hydrogens (primary N) is 1. The van der Waals surface area contributed by atoms with E-state index in [1.54, 1.807) is 12.4 Å². The fourth-order valence-electron chi connectivity index (χ4n) is 2.35. The van der Waals surface area contributed by atoms with Crippen LogP contribution >= 0.6 is 0 Å². The molecule has 2 unspecified atom stereocenters. The van der Waals surface area contributed by atoms with Gasteiger partial charge in [0.05, 0.1) is 5.56 Å². The van der Waals surface area contributed by atoms with Crippen LogP contribution in [0.1, 0.15) is 35.7 Å². The maximum atomic E-state index is 12.3. The van der Waals surface area contributed by atoms with E-state index in [2.05, 4.69) is 11.9 Å². The Hall–Kier alpha value is -1.42. The molecule has 0 spiro atoms. The topological polar surface area (TPSA) is 59.2 Å². The van der Waals surface area contributed by atoms with Crippen molar-refractivity contribution in [2.45, 2.75) is 38.8 Å². The van der Waals surface area contributed by atoms with E-state index in [-0.39, 0.29) is 18.0 Å². The van der Waals surface area contributed by atoms with Crippen LogP contribution in [0.5, 0.6) is 0 Å². The second-order valence-electron chi connectivity index (χ2n) is 4.88. The quantitative estimate of drug-likeness (QED) is 0.796. The predicted octanol–water partition coefficient (Wildman–Crippen LogP) is 1.34. The Morgan fingerprint density at radius 3 is 2.94 bits per heavy atom. The van der Waals surface area contributed by atoms with Gasteiger partial charge in [-0.15, -0.1) is 0 Å². The molecule has 1 aliphatic rings. The number of aromatic nitrogens is 1. The van der Waals surface area contributed by atoms with Gasteiger partial charge in [0.1, 0.15) is 0 Å². The van der Waals surface area contributed by atoms with Gasteiger partial charge in [-0.3, -0.25) is 9.78 Å². The third-order valence-corrected chi connectivity index (χ3v) is 3.30. The first-order valence-corrected chi connectivity index (χ1v) is 6.06. The van der Waals surface area contributed by atoms with Gasteiger partial charge in [0, 0.05) is 31.0 Å². The Balaban J connectivity index is 2.15. The molecular weight excluding hydrogens is 214 g/mol. The Labute approximate surface area is 102 Å². The van der Waals surface area contributed by atoms with E-state index in [1.165, 1.54) is 0 Å². The van der Waals surface area contributed by atoms with Gasteiger partial charge >= 0.3 is 0 Å². The molecule has 2 atom stereocenters. The molecule has 1 aromatic rings. The minimum absolute atomic E-state index is 0.0700. The molecule has 1 aromatic heterocycles. The van der Waals surface area contributed by atoms with Crippen LogP contribution in [0.15, 0.2) is 18.5 Å². The molecule has 2 N–H and O–H groups in total. The number of amides is 1. The van der Waals surface area contributed by atoms with Crippen LogP contribution in [0.25, 0.3) is 0 Å². The Bertz CT molecular complexity index is 419. The summed E-state index contributed by atoms with van der Waals surface area (Å²) in [6.45, 7) is 4.74. The summed E-state index contributed by atoms with van der Waals surface area (Å²) in [5.41, 5.74) is 7.58. The van der Waals surface area contributed by atoms with E-state index < -0.39 is 0 Å². The van der Waals surface area contributed by atoms with Crippen LogP contribution in [0, 0.1) is 6.92 Å². The second-order valence-corrected chi connectivity index (χ2v) is 4.88. The summed E-state index contributed by atoms with van der Waals surface area (Å²) in [6, 6.07) is 2.33. The number of carbonyl (C=O) groups excluding carboxylic acids is 1. The zero-order valence-electron chi connectivity index (χ0n) is 10.4. The number of rotatable bonds is 1. The number of hydrogen-bond donors (Lipinski definition) is 1. The van der Waals surface area contributed by atoms with Crippen LogP contribution in [0.2, 0.25) is 0 Å². The minimum Gasteiger partial charge on any atom is -0.336 e. The smallest absolute Gasteiger partial charge is 0.255 e. The molecule has 1 amide bonds. The van der Waals surface area contributed by atoms with E-state index in [1.807, 2.05) is 17.9 Å². The number of aryl methyl sites for hydroxylation is 1. The van der Waals surface area contributed by atoms with Crippen LogP contribution in [0.4, 0.5) is 0 Å². The standard InChI is InChI=1S/C13H19N3O/c1-9-5-11(8-15-7-9)13(17)16-4-3-12(14)6-10(16)2/h5,7-8,10,12H,3-4,6,14H2,1-2H3. The maximum absolute atomic E-state index is 12.3. The molecule has 4 heteroatoms. The predicted molar refractivity (Wildman–Crippen MR) is 66.7 cm³/mol. The third-order valence-electron chi connectivity index (χ3n) is 3.30. The van der Waals surface area contributed by atoms with Crippen molar-refractivity contribution < 1.29 is 4.79 Å². The fourth-order valence-corrected chi connectivity index (χ4v) is 2.35. The van der Waals surface area contributed by atoms with Gasteiger partial charge in [-0.05, 0) is 38.3 Å². The van der Waals surface area contributed by atoms with Crippen molar-refractivity contribution in [2.75, 3.05) is 6.54 Å². The number of hydrogen-bond acceptors (Lipinski definition) is 3. The number of carbonyl (C=O) groups is 1. The molecule has 0 saturated carbocycles. The molecule has 4 nitrogen and oxygen atoms in total. The normalized spacial score (nSPS) is 24.8. The lowest BCUT2D eigenvalue weighted by Gasteiger charge is -2.36. The van der Waals surface area contributed by atoms with Crippen LogP contribution in [-0.4, -0.2) is 34.4 Å². The molecule has 1 saturated heterocycles. The molecule has 0 aliphatic carbocycles. The molecule has 17 heavy (non-hydrogen) atoms. The molecular formula is C13H19N3O. The lowest BCUT2D eigenvalue weighted by Crippen LogP contribution is -2.48. The third kappa shape index (κ3) is 2.64. The van der Waals surface area contributed by atoms with Gasteiger partial charge in [0.25, 0.3) is 5.91 Å². The van der Waals surface area contributed by atoms with Crippen molar-refractivity contribution in [3.05, 3.63) is 29.6 Å². The van der Waals surface area contributed by atoms with Crippen LogP contribution in [0.3, 0.4) is 0 Å². The van der Waals surface area contributed by atoms with Crippen molar-refractivity contribution in [1.82, 2.24) is 9.88 Å². The molecule has 1 fully saturated rings. The summed E-state index contributed by atoms with van der Waals surface area (Å²) in [6.07, 6.45) is 5.16. The van der Waals surface area contributed by atoms with Gasteiger partial charge in [0.2, 0.25) is 0 Å². The molecule has 2 heterocycles. The maximum Gasteiger partial charge on any atom is 0.255 e. The highest BCUT2D eigenvalue weighted by atomic mass is 16.2. The minimum atomic E-state index is 0.0700. The highest BCUT2D eigenvalue weighted by molar-refractivity contribution is 5.94. The number of likely N-dealkylation sites (tertiary alicyclic amines) is 1. The SMILES string of the molecule is Cc1cncc(C(=O)N2CCC(N)CC2C)c1. The number of piperidine rings is 1. The Kier molecular flexibility index (Phi) is 3.43. The van der Waals surface area contributed by atoms with E-state index in [0.717, 1.165) is 24.9 Å². The lowest BCUT2D eigenvalue weighted by atomic mass is 9.98. The Morgan fingerprint density at radius 2 is 2.29 bits per heavy atom. The first-order valence-electron chi connectivity index (χ1n) is 6.06. The molecule has 2 rings (SSSR count). The monoisotopic (exact) mass is 233 g/mol. The number of pyridine rings is 1. The second kappa shape index (κ2) is 4.84. The molecule has 92 valence electrons. The number of nitrogens with zero attached hydrogens (tertiary/aromatic N) is 2. The van der Waals surface area contributed by atoms with Gasteiger partial charge < -0.3 is 10.6 Å². The largest absolute Gasteiger partial charge is 0.336 e.